The summed E-state index contributed by atoms with van der Waals surface area (Å²) in [5.74, 6) is 0.304. The Bertz CT molecular complexity index is 1380. The zero-order valence-electron chi connectivity index (χ0n) is 19.7. The van der Waals surface area contributed by atoms with Gasteiger partial charge in [-0.05, 0) is 60.2 Å². The Hall–Kier alpha value is -3.31. The molecule has 0 saturated heterocycles. The van der Waals surface area contributed by atoms with Crippen LogP contribution in [-0.4, -0.2) is 48.3 Å². The van der Waals surface area contributed by atoms with Gasteiger partial charge in [0.25, 0.3) is 0 Å². The number of ether oxygens (including phenoxy) is 1. The Morgan fingerprint density at radius 2 is 1.97 bits per heavy atom. The van der Waals surface area contributed by atoms with Crippen molar-refractivity contribution in [1.29, 1.82) is 0 Å². The van der Waals surface area contributed by atoms with Crippen molar-refractivity contribution in [1.82, 2.24) is 34.7 Å². The van der Waals surface area contributed by atoms with Crippen LogP contribution < -0.4 is 10.5 Å². The van der Waals surface area contributed by atoms with E-state index in [0.29, 0.717) is 23.4 Å². The molecule has 0 saturated carbocycles. The average Bonchev–Trinajstić information content (AvgIpc) is 3.38. The number of aryl methyl sites for hydroxylation is 1. The summed E-state index contributed by atoms with van der Waals surface area (Å²) in [7, 11) is 3.88. The van der Waals surface area contributed by atoms with Crippen molar-refractivity contribution in [2.75, 3.05) is 19.3 Å². The summed E-state index contributed by atoms with van der Waals surface area (Å²) >= 11 is 3.38. The normalized spacial score (nSPS) is 14.7. The van der Waals surface area contributed by atoms with Crippen molar-refractivity contribution in [2.45, 2.75) is 32.5 Å². The number of nitrogen functional groups attached to an aromatic ring is 1. The molecule has 0 bridgehead atoms. The lowest BCUT2D eigenvalue weighted by Crippen LogP contribution is -2.30. The molecule has 1 aliphatic rings. The SMILES string of the molecule is C[C@@H](Oc1cc(Br)cnc1N)c1cc(F)ccc1-c1nn(C)nc1Cc1cc2n(n1)CCN(C)C2. The van der Waals surface area contributed by atoms with Crippen LogP contribution in [0.25, 0.3) is 11.3 Å². The second-order valence-electron chi connectivity index (χ2n) is 8.78. The molecule has 1 aliphatic heterocycles. The Balaban J connectivity index is 1.49. The van der Waals surface area contributed by atoms with Crippen LogP contribution in [0.1, 0.15) is 35.7 Å². The predicted molar refractivity (Wildman–Crippen MR) is 133 cm³/mol. The third kappa shape index (κ3) is 4.92. The van der Waals surface area contributed by atoms with Crippen molar-refractivity contribution in [2.24, 2.45) is 7.05 Å². The number of nitrogens with two attached hydrogens (primary N) is 1. The lowest BCUT2D eigenvalue weighted by atomic mass is 9.98. The zero-order chi connectivity index (χ0) is 24.7. The molecular weight excluding hydrogens is 515 g/mol. The van der Waals surface area contributed by atoms with Gasteiger partial charge in [-0.15, -0.1) is 0 Å². The molecule has 2 N–H and O–H groups in total. The van der Waals surface area contributed by atoms with Crippen molar-refractivity contribution in [3.05, 3.63) is 69.5 Å². The van der Waals surface area contributed by atoms with Crippen molar-refractivity contribution < 1.29 is 9.13 Å². The van der Waals surface area contributed by atoms with Crippen molar-refractivity contribution in [3.8, 4) is 17.0 Å². The predicted octanol–water partition coefficient (Wildman–Crippen LogP) is 3.73. The zero-order valence-corrected chi connectivity index (χ0v) is 21.3. The molecule has 3 aromatic heterocycles. The molecule has 182 valence electrons. The third-order valence-electron chi connectivity index (χ3n) is 6.03. The minimum atomic E-state index is -0.524. The molecule has 1 aromatic carbocycles. The first-order chi connectivity index (χ1) is 16.8. The molecule has 5 rings (SSSR count). The van der Waals surface area contributed by atoms with Gasteiger partial charge >= 0.3 is 0 Å². The quantitative estimate of drug-likeness (QED) is 0.397. The van der Waals surface area contributed by atoms with Crippen LogP contribution in [0.4, 0.5) is 10.2 Å². The van der Waals surface area contributed by atoms with Crippen LogP contribution in [0.15, 0.2) is 41.0 Å². The number of fused-ring (bicyclic) bond motifs is 1. The summed E-state index contributed by atoms with van der Waals surface area (Å²) in [5.41, 5.74) is 10.9. The van der Waals surface area contributed by atoms with Gasteiger partial charge in [0.1, 0.15) is 17.6 Å². The van der Waals surface area contributed by atoms with Crippen LogP contribution in [0.2, 0.25) is 0 Å². The number of nitrogens with zero attached hydrogens (tertiary/aromatic N) is 7. The second kappa shape index (κ2) is 9.38. The largest absolute Gasteiger partial charge is 0.482 e. The Morgan fingerprint density at radius 3 is 2.80 bits per heavy atom. The van der Waals surface area contributed by atoms with Gasteiger partial charge in [0.05, 0.1) is 23.6 Å². The van der Waals surface area contributed by atoms with Crippen LogP contribution in [0.3, 0.4) is 0 Å². The van der Waals surface area contributed by atoms with Gasteiger partial charge in [-0.3, -0.25) is 9.58 Å². The van der Waals surface area contributed by atoms with E-state index in [4.69, 9.17) is 15.6 Å². The van der Waals surface area contributed by atoms with Gasteiger partial charge < -0.3 is 10.5 Å². The lowest BCUT2D eigenvalue weighted by Gasteiger charge is -2.22. The Morgan fingerprint density at radius 1 is 1.14 bits per heavy atom. The number of benzene rings is 1. The van der Waals surface area contributed by atoms with Gasteiger partial charge in [0, 0.05) is 48.4 Å². The summed E-state index contributed by atoms with van der Waals surface area (Å²) in [4.78, 5) is 7.92. The van der Waals surface area contributed by atoms with Crippen LogP contribution >= 0.6 is 15.9 Å². The minimum absolute atomic E-state index is 0.257. The highest BCUT2D eigenvalue weighted by Crippen LogP contribution is 2.34. The van der Waals surface area contributed by atoms with E-state index < -0.39 is 6.10 Å². The maximum Gasteiger partial charge on any atom is 0.166 e. The molecule has 4 heterocycles. The van der Waals surface area contributed by atoms with E-state index in [1.54, 1.807) is 25.4 Å². The van der Waals surface area contributed by atoms with E-state index in [9.17, 15) is 4.39 Å². The number of hydrogen-bond donors (Lipinski definition) is 1. The van der Waals surface area contributed by atoms with Gasteiger partial charge in [0.15, 0.2) is 11.6 Å². The molecule has 0 unspecified atom stereocenters. The van der Waals surface area contributed by atoms with E-state index in [1.807, 2.05) is 6.92 Å². The third-order valence-corrected chi connectivity index (χ3v) is 6.46. The van der Waals surface area contributed by atoms with Crippen LogP contribution in [0.5, 0.6) is 5.75 Å². The standard InChI is InChI=1S/C24H26BrFN8O/c1-14(35-22-8-15(25)12-28-24(22)27)20-9-16(26)4-5-19(20)23-21(30-33(3)31-23)11-17-10-18-13-32(2)6-7-34(18)29-17/h4-5,8-10,12,14H,6-7,11,13H2,1-3H3,(H2,27,28)/t14-/m1/s1. The maximum absolute atomic E-state index is 14.4. The molecule has 0 spiro atoms. The van der Waals surface area contributed by atoms with E-state index in [0.717, 1.165) is 41.1 Å². The van der Waals surface area contributed by atoms with Gasteiger partial charge in [0.2, 0.25) is 0 Å². The summed E-state index contributed by atoms with van der Waals surface area (Å²) in [6, 6.07) is 8.46. The number of hydrogen-bond acceptors (Lipinski definition) is 7. The van der Waals surface area contributed by atoms with Crippen molar-refractivity contribution in [3.63, 3.8) is 0 Å². The summed E-state index contributed by atoms with van der Waals surface area (Å²) in [5, 5.41) is 14.0. The van der Waals surface area contributed by atoms with E-state index in [-0.39, 0.29) is 11.6 Å². The minimum Gasteiger partial charge on any atom is -0.482 e. The van der Waals surface area contributed by atoms with Gasteiger partial charge in [-0.1, -0.05) is 0 Å². The topological polar surface area (TPSA) is 99.9 Å². The maximum atomic E-state index is 14.4. The summed E-state index contributed by atoms with van der Waals surface area (Å²) in [6.45, 7) is 4.54. The molecular formula is C24H26BrFN8O. The van der Waals surface area contributed by atoms with E-state index in [2.05, 4.69) is 53.8 Å². The fourth-order valence-corrected chi connectivity index (χ4v) is 4.67. The fourth-order valence-electron chi connectivity index (χ4n) is 4.36. The first kappa shape index (κ1) is 23.4. The Labute approximate surface area is 210 Å². The molecule has 35 heavy (non-hydrogen) atoms. The molecule has 0 radical (unpaired) electrons. The fraction of sp³-hybridized carbons (Fsp3) is 0.333. The number of pyridine rings is 1. The lowest BCUT2D eigenvalue weighted by molar-refractivity contribution is 0.227. The van der Waals surface area contributed by atoms with Gasteiger partial charge in [-0.25, -0.2) is 9.37 Å². The number of aromatic nitrogens is 6. The highest BCUT2D eigenvalue weighted by atomic mass is 79.9. The highest BCUT2D eigenvalue weighted by molar-refractivity contribution is 9.10. The first-order valence-electron chi connectivity index (χ1n) is 11.3. The first-order valence-corrected chi connectivity index (χ1v) is 12.1. The summed E-state index contributed by atoms with van der Waals surface area (Å²) < 4.78 is 23.3. The van der Waals surface area contributed by atoms with Crippen molar-refractivity contribution >= 4 is 21.7 Å². The van der Waals surface area contributed by atoms with E-state index >= 15 is 0 Å². The summed E-state index contributed by atoms with van der Waals surface area (Å²) in [6.07, 6.45) is 1.59. The average molecular weight is 541 g/mol. The van der Waals surface area contributed by atoms with Crippen LogP contribution in [-0.2, 0) is 26.6 Å². The second-order valence-corrected chi connectivity index (χ2v) is 9.69. The molecule has 11 heteroatoms. The number of likely N-dealkylation sites (N-methyl/N-ethyl adjacent to an activating group) is 1. The van der Waals surface area contributed by atoms with E-state index in [1.165, 1.54) is 22.6 Å². The number of halogens is 2. The molecule has 0 aliphatic carbocycles. The number of anilines is 1. The highest BCUT2D eigenvalue weighted by Gasteiger charge is 2.23. The molecule has 0 amide bonds. The molecule has 9 nitrogen and oxygen atoms in total. The van der Waals surface area contributed by atoms with Gasteiger partial charge in [-0.2, -0.15) is 20.1 Å². The smallest absolute Gasteiger partial charge is 0.166 e. The number of rotatable bonds is 6. The monoisotopic (exact) mass is 540 g/mol. The molecule has 0 fully saturated rings. The molecule has 1 atom stereocenters. The Kier molecular flexibility index (Phi) is 6.28. The van der Waals surface area contributed by atoms with Crippen LogP contribution in [0, 0.1) is 5.82 Å². The molecule has 4 aromatic rings.